The van der Waals surface area contributed by atoms with Gasteiger partial charge in [-0.15, -0.1) is 5.10 Å². The Kier molecular flexibility index (Phi) is 3.67. The summed E-state index contributed by atoms with van der Waals surface area (Å²) in [5.74, 6) is -0.319. The smallest absolute Gasteiger partial charge is 0.190 e. The normalized spacial score (nSPS) is 10.4. The molecule has 22 heavy (non-hydrogen) atoms. The van der Waals surface area contributed by atoms with Crippen LogP contribution in [0.1, 0.15) is 16.8 Å². The van der Waals surface area contributed by atoms with Gasteiger partial charge in [0, 0.05) is 5.56 Å². The number of halogens is 1. The first kappa shape index (κ1) is 14.0. The SMILES string of the molecule is Cc1ccccc1Cn1nnc(C#N)c1-c1ccc(F)cc1. The number of aryl methyl sites for hydroxylation is 1. The van der Waals surface area contributed by atoms with Gasteiger partial charge in [0.25, 0.3) is 0 Å². The average molecular weight is 292 g/mol. The van der Waals surface area contributed by atoms with E-state index in [1.54, 1.807) is 16.8 Å². The molecule has 0 aliphatic carbocycles. The number of benzene rings is 2. The molecule has 0 N–H and O–H groups in total. The lowest BCUT2D eigenvalue weighted by molar-refractivity contribution is 0.627. The number of hydrogen-bond acceptors (Lipinski definition) is 3. The van der Waals surface area contributed by atoms with Crippen molar-refractivity contribution < 1.29 is 4.39 Å². The van der Waals surface area contributed by atoms with E-state index in [4.69, 9.17) is 0 Å². The van der Waals surface area contributed by atoms with Crippen molar-refractivity contribution in [2.75, 3.05) is 0 Å². The van der Waals surface area contributed by atoms with Gasteiger partial charge in [0.15, 0.2) is 5.69 Å². The highest BCUT2D eigenvalue weighted by Crippen LogP contribution is 2.23. The summed E-state index contributed by atoms with van der Waals surface area (Å²) in [7, 11) is 0. The summed E-state index contributed by atoms with van der Waals surface area (Å²) in [4.78, 5) is 0. The predicted octanol–water partition coefficient (Wildman–Crippen LogP) is 3.31. The summed E-state index contributed by atoms with van der Waals surface area (Å²) >= 11 is 0. The molecule has 108 valence electrons. The average Bonchev–Trinajstić information content (AvgIpc) is 2.93. The van der Waals surface area contributed by atoms with E-state index >= 15 is 0 Å². The summed E-state index contributed by atoms with van der Waals surface area (Å²) in [5, 5.41) is 17.2. The number of hydrogen-bond donors (Lipinski definition) is 0. The molecule has 0 unspecified atom stereocenters. The Labute approximate surface area is 127 Å². The fourth-order valence-electron chi connectivity index (χ4n) is 2.34. The van der Waals surface area contributed by atoms with Gasteiger partial charge in [-0.3, -0.25) is 0 Å². The molecule has 4 nitrogen and oxygen atoms in total. The Balaban J connectivity index is 2.06. The zero-order chi connectivity index (χ0) is 15.5. The topological polar surface area (TPSA) is 54.5 Å². The summed E-state index contributed by atoms with van der Waals surface area (Å²) < 4.78 is 14.8. The Morgan fingerprint density at radius 3 is 2.55 bits per heavy atom. The second-order valence-corrected chi connectivity index (χ2v) is 4.99. The first-order valence-electron chi connectivity index (χ1n) is 6.83. The van der Waals surface area contributed by atoms with Crippen LogP contribution in [0.3, 0.4) is 0 Å². The number of nitriles is 1. The van der Waals surface area contributed by atoms with Gasteiger partial charge in [-0.2, -0.15) is 5.26 Å². The highest BCUT2D eigenvalue weighted by molar-refractivity contribution is 5.64. The van der Waals surface area contributed by atoms with E-state index in [1.807, 2.05) is 37.3 Å². The van der Waals surface area contributed by atoms with Crippen LogP contribution < -0.4 is 0 Å². The Hall–Kier alpha value is -3.00. The lowest BCUT2D eigenvalue weighted by atomic mass is 10.1. The third-order valence-corrected chi connectivity index (χ3v) is 3.54. The lowest BCUT2D eigenvalue weighted by Gasteiger charge is -2.09. The highest BCUT2D eigenvalue weighted by Gasteiger charge is 2.15. The molecule has 0 bridgehead atoms. The van der Waals surface area contributed by atoms with Crippen molar-refractivity contribution in [3.8, 4) is 17.3 Å². The molecule has 3 aromatic rings. The van der Waals surface area contributed by atoms with E-state index in [9.17, 15) is 9.65 Å². The summed E-state index contributed by atoms with van der Waals surface area (Å²) in [6.07, 6.45) is 0. The van der Waals surface area contributed by atoms with Crippen molar-refractivity contribution in [3.05, 3.63) is 71.2 Å². The van der Waals surface area contributed by atoms with Gasteiger partial charge in [0.1, 0.15) is 17.6 Å². The van der Waals surface area contributed by atoms with Crippen LogP contribution in [0.25, 0.3) is 11.3 Å². The van der Waals surface area contributed by atoms with Gasteiger partial charge in [-0.05, 0) is 42.3 Å². The van der Waals surface area contributed by atoms with Crippen LogP contribution in [0.15, 0.2) is 48.5 Å². The molecule has 0 radical (unpaired) electrons. The molecule has 2 aromatic carbocycles. The van der Waals surface area contributed by atoms with Crippen LogP contribution in [0.4, 0.5) is 4.39 Å². The molecule has 1 aromatic heterocycles. The monoisotopic (exact) mass is 292 g/mol. The minimum Gasteiger partial charge on any atom is -0.239 e. The molecular formula is C17H13FN4. The van der Waals surface area contributed by atoms with Crippen molar-refractivity contribution in [3.63, 3.8) is 0 Å². The summed E-state index contributed by atoms with van der Waals surface area (Å²) in [5.41, 5.74) is 3.80. The Bertz CT molecular complexity index is 844. The zero-order valence-corrected chi connectivity index (χ0v) is 12.0. The molecule has 0 amide bonds. The van der Waals surface area contributed by atoms with Gasteiger partial charge in [0.2, 0.25) is 0 Å². The maximum Gasteiger partial charge on any atom is 0.190 e. The maximum atomic E-state index is 13.1. The number of rotatable bonds is 3. The fourth-order valence-corrected chi connectivity index (χ4v) is 2.34. The first-order chi connectivity index (χ1) is 10.7. The summed E-state index contributed by atoms with van der Waals surface area (Å²) in [6.45, 7) is 2.53. The Morgan fingerprint density at radius 2 is 1.86 bits per heavy atom. The van der Waals surface area contributed by atoms with Gasteiger partial charge in [0.05, 0.1) is 6.54 Å². The van der Waals surface area contributed by atoms with Crippen LogP contribution in [0.2, 0.25) is 0 Å². The molecule has 5 heteroatoms. The van der Waals surface area contributed by atoms with Crippen LogP contribution in [0.5, 0.6) is 0 Å². The van der Waals surface area contributed by atoms with E-state index < -0.39 is 0 Å². The van der Waals surface area contributed by atoms with Gasteiger partial charge in [-0.25, -0.2) is 9.07 Å². The van der Waals surface area contributed by atoms with E-state index in [-0.39, 0.29) is 11.5 Å². The lowest BCUT2D eigenvalue weighted by Crippen LogP contribution is -2.05. The van der Waals surface area contributed by atoms with E-state index in [0.29, 0.717) is 12.2 Å². The second kappa shape index (κ2) is 5.78. The van der Waals surface area contributed by atoms with Crippen molar-refractivity contribution in [1.82, 2.24) is 15.0 Å². The van der Waals surface area contributed by atoms with Crippen molar-refractivity contribution in [1.29, 1.82) is 5.26 Å². The molecule has 0 saturated heterocycles. The molecule has 0 saturated carbocycles. The molecule has 3 rings (SSSR count). The first-order valence-corrected chi connectivity index (χ1v) is 6.83. The minimum absolute atomic E-state index is 0.236. The minimum atomic E-state index is -0.319. The zero-order valence-electron chi connectivity index (χ0n) is 12.0. The maximum absolute atomic E-state index is 13.1. The Morgan fingerprint density at radius 1 is 1.14 bits per heavy atom. The molecule has 0 fully saturated rings. The molecule has 0 aliphatic rings. The predicted molar refractivity (Wildman–Crippen MR) is 80.4 cm³/mol. The van der Waals surface area contributed by atoms with E-state index in [0.717, 1.165) is 16.7 Å². The molecule has 0 atom stereocenters. The third kappa shape index (κ3) is 2.59. The number of nitrogens with zero attached hydrogens (tertiary/aromatic N) is 4. The quantitative estimate of drug-likeness (QED) is 0.744. The molecule has 0 spiro atoms. The highest BCUT2D eigenvalue weighted by atomic mass is 19.1. The van der Waals surface area contributed by atoms with Crippen LogP contribution in [-0.4, -0.2) is 15.0 Å². The van der Waals surface area contributed by atoms with Gasteiger partial charge < -0.3 is 0 Å². The van der Waals surface area contributed by atoms with Gasteiger partial charge in [-0.1, -0.05) is 29.5 Å². The van der Waals surface area contributed by atoms with Crippen molar-refractivity contribution >= 4 is 0 Å². The summed E-state index contributed by atoms with van der Waals surface area (Å²) in [6, 6.07) is 16.0. The second-order valence-electron chi connectivity index (χ2n) is 4.99. The van der Waals surface area contributed by atoms with Crippen LogP contribution >= 0.6 is 0 Å². The standard InChI is InChI=1S/C17H13FN4/c1-12-4-2-3-5-14(12)11-22-17(16(10-19)20-21-22)13-6-8-15(18)9-7-13/h2-9H,11H2,1H3. The molecule has 0 aliphatic heterocycles. The molecular weight excluding hydrogens is 279 g/mol. The van der Waals surface area contributed by atoms with Crippen molar-refractivity contribution in [2.24, 2.45) is 0 Å². The van der Waals surface area contributed by atoms with E-state index in [2.05, 4.69) is 10.3 Å². The third-order valence-electron chi connectivity index (χ3n) is 3.54. The van der Waals surface area contributed by atoms with Crippen LogP contribution in [0, 0.1) is 24.1 Å². The van der Waals surface area contributed by atoms with Gasteiger partial charge >= 0.3 is 0 Å². The number of aromatic nitrogens is 3. The van der Waals surface area contributed by atoms with Crippen LogP contribution in [-0.2, 0) is 6.54 Å². The molecule has 1 heterocycles. The fraction of sp³-hybridized carbons (Fsp3) is 0.118. The largest absolute Gasteiger partial charge is 0.239 e. The van der Waals surface area contributed by atoms with Crippen molar-refractivity contribution in [2.45, 2.75) is 13.5 Å². The van der Waals surface area contributed by atoms with E-state index in [1.165, 1.54) is 12.1 Å².